The van der Waals surface area contributed by atoms with Crippen molar-refractivity contribution in [1.82, 2.24) is 4.98 Å². The lowest BCUT2D eigenvalue weighted by Gasteiger charge is -2.13. The molecule has 0 atom stereocenters. The first-order valence-electron chi connectivity index (χ1n) is 7.30. The molecule has 0 aliphatic rings. The van der Waals surface area contributed by atoms with E-state index >= 15 is 0 Å². The summed E-state index contributed by atoms with van der Waals surface area (Å²) in [6, 6.07) is 8.73. The van der Waals surface area contributed by atoms with E-state index in [9.17, 15) is 23.1 Å². The van der Waals surface area contributed by atoms with E-state index in [-0.39, 0.29) is 22.2 Å². The maximum atomic E-state index is 12.9. The molecule has 1 N–H and O–H groups in total. The number of carboxylic acids is 1. The van der Waals surface area contributed by atoms with Crippen LogP contribution in [0.4, 0.5) is 13.2 Å². The van der Waals surface area contributed by atoms with E-state index in [0.29, 0.717) is 16.3 Å². The Morgan fingerprint density at radius 1 is 1.15 bits per heavy atom. The maximum Gasteiger partial charge on any atom is 0.416 e. The Morgan fingerprint density at radius 2 is 1.88 bits per heavy atom. The molecule has 3 aromatic rings. The van der Waals surface area contributed by atoms with Crippen LogP contribution in [0.2, 0.25) is 5.02 Å². The number of rotatable bonds is 3. The SMILES string of the molecule is COc1ccc(Cl)cc1-c1cc(C(=O)O)c2cc(C(F)(F)F)ccc2n1. The minimum absolute atomic E-state index is 0.0999. The number of carbonyl (C=O) groups is 1. The zero-order valence-electron chi connectivity index (χ0n) is 13.3. The van der Waals surface area contributed by atoms with Crippen molar-refractivity contribution in [3.05, 3.63) is 58.6 Å². The molecule has 4 nitrogen and oxygen atoms in total. The van der Waals surface area contributed by atoms with Crippen molar-refractivity contribution in [3.63, 3.8) is 0 Å². The number of halogens is 4. The summed E-state index contributed by atoms with van der Waals surface area (Å²) in [4.78, 5) is 15.9. The molecule has 0 spiro atoms. The summed E-state index contributed by atoms with van der Waals surface area (Å²) in [6.07, 6.45) is -4.58. The minimum Gasteiger partial charge on any atom is -0.496 e. The third-order valence-electron chi connectivity index (χ3n) is 3.80. The van der Waals surface area contributed by atoms with Gasteiger partial charge in [-0.2, -0.15) is 13.2 Å². The summed E-state index contributed by atoms with van der Waals surface area (Å²) >= 11 is 5.99. The Kier molecular flexibility index (Phi) is 4.50. The third-order valence-corrected chi connectivity index (χ3v) is 4.04. The molecular weight excluding hydrogens is 371 g/mol. The Morgan fingerprint density at radius 3 is 2.50 bits per heavy atom. The van der Waals surface area contributed by atoms with Crippen LogP contribution < -0.4 is 4.74 Å². The van der Waals surface area contributed by atoms with Crippen molar-refractivity contribution in [2.45, 2.75) is 6.18 Å². The standard InChI is InChI=1S/C18H11ClF3NO3/c1-26-16-5-3-10(19)7-13(16)15-8-12(17(24)25)11-6-9(18(20,21)22)2-4-14(11)23-15/h2-8H,1H3,(H,24,25). The van der Waals surface area contributed by atoms with Crippen LogP contribution in [0.15, 0.2) is 42.5 Å². The van der Waals surface area contributed by atoms with Crippen LogP contribution in [0.3, 0.4) is 0 Å². The fourth-order valence-corrected chi connectivity index (χ4v) is 2.77. The summed E-state index contributed by atoms with van der Waals surface area (Å²) in [5.74, 6) is -0.955. The number of nitrogens with zero attached hydrogens (tertiary/aromatic N) is 1. The summed E-state index contributed by atoms with van der Waals surface area (Å²) in [7, 11) is 1.43. The summed E-state index contributed by atoms with van der Waals surface area (Å²) in [5.41, 5.74) is -0.450. The second kappa shape index (κ2) is 6.49. The number of carboxylic acid groups (broad SMARTS) is 1. The molecular formula is C18H11ClF3NO3. The molecule has 0 fully saturated rings. The molecule has 0 radical (unpaired) electrons. The predicted molar refractivity (Wildman–Crippen MR) is 90.7 cm³/mol. The Hall–Kier alpha value is -2.80. The van der Waals surface area contributed by atoms with E-state index in [1.165, 1.54) is 13.2 Å². The molecule has 0 amide bonds. The van der Waals surface area contributed by atoms with Gasteiger partial charge in [0.1, 0.15) is 5.75 Å². The van der Waals surface area contributed by atoms with Gasteiger partial charge in [-0.25, -0.2) is 9.78 Å². The van der Waals surface area contributed by atoms with Gasteiger partial charge in [0.2, 0.25) is 0 Å². The molecule has 1 aromatic heterocycles. The number of ether oxygens (including phenoxy) is 1. The largest absolute Gasteiger partial charge is 0.496 e. The molecule has 1 heterocycles. The summed E-state index contributed by atoms with van der Waals surface area (Å²) in [5, 5.41) is 9.74. The molecule has 0 bridgehead atoms. The van der Waals surface area contributed by atoms with Crippen LogP contribution in [-0.2, 0) is 6.18 Å². The smallest absolute Gasteiger partial charge is 0.416 e. The van der Waals surface area contributed by atoms with Gasteiger partial charge in [-0.05, 0) is 42.5 Å². The fraction of sp³-hybridized carbons (Fsp3) is 0.111. The quantitative estimate of drug-likeness (QED) is 0.670. The molecule has 0 aliphatic carbocycles. The number of pyridine rings is 1. The molecule has 2 aromatic carbocycles. The van der Waals surface area contributed by atoms with E-state index in [1.807, 2.05) is 0 Å². The van der Waals surface area contributed by atoms with Crippen LogP contribution in [0.1, 0.15) is 15.9 Å². The Bertz CT molecular complexity index is 1020. The highest BCUT2D eigenvalue weighted by Crippen LogP contribution is 2.36. The second-order valence-electron chi connectivity index (χ2n) is 5.43. The van der Waals surface area contributed by atoms with Gasteiger partial charge < -0.3 is 9.84 Å². The van der Waals surface area contributed by atoms with Gasteiger partial charge in [-0.3, -0.25) is 0 Å². The molecule has 0 aliphatic heterocycles. The number of fused-ring (bicyclic) bond motifs is 1. The van der Waals surface area contributed by atoms with E-state index < -0.39 is 17.7 Å². The van der Waals surface area contributed by atoms with Gasteiger partial charge in [0.05, 0.1) is 29.4 Å². The number of aromatic carboxylic acids is 1. The molecule has 134 valence electrons. The molecule has 26 heavy (non-hydrogen) atoms. The number of hydrogen-bond donors (Lipinski definition) is 1. The van der Waals surface area contributed by atoms with Gasteiger partial charge in [0, 0.05) is 16.0 Å². The van der Waals surface area contributed by atoms with Crippen molar-refractivity contribution < 1.29 is 27.8 Å². The first-order chi connectivity index (χ1) is 12.2. The zero-order valence-corrected chi connectivity index (χ0v) is 14.0. The van der Waals surface area contributed by atoms with Gasteiger partial charge >= 0.3 is 12.1 Å². The van der Waals surface area contributed by atoms with Crippen molar-refractivity contribution >= 4 is 28.5 Å². The summed E-state index contributed by atoms with van der Waals surface area (Å²) in [6.45, 7) is 0. The van der Waals surface area contributed by atoms with Crippen molar-refractivity contribution in [1.29, 1.82) is 0 Å². The maximum absolute atomic E-state index is 12.9. The van der Waals surface area contributed by atoms with Gasteiger partial charge in [-0.15, -0.1) is 0 Å². The van der Waals surface area contributed by atoms with Crippen LogP contribution in [0.25, 0.3) is 22.2 Å². The van der Waals surface area contributed by atoms with Gasteiger partial charge in [0.25, 0.3) is 0 Å². The number of benzene rings is 2. The number of hydrogen-bond acceptors (Lipinski definition) is 3. The normalized spacial score (nSPS) is 11.6. The average molecular weight is 382 g/mol. The Balaban J connectivity index is 2.31. The van der Waals surface area contributed by atoms with Crippen LogP contribution in [0.5, 0.6) is 5.75 Å². The van der Waals surface area contributed by atoms with Crippen LogP contribution in [-0.4, -0.2) is 23.2 Å². The lowest BCUT2D eigenvalue weighted by molar-refractivity contribution is -0.137. The molecule has 8 heteroatoms. The first kappa shape index (κ1) is 18.0. The molecule has 0 unspecified atom stereocenters. The number of aromatic nitrogens is 1. The average Bonchev–Trinajstić information content (AvgIpc) is 2.59. The molecule has 3 rings (SSSR count). The van der Waals surface area contributed by atoms with Crippen molar-refractivity contribution in [3.8, 4) is 17.0 Å². The van der Waals surface area contributed by atoms with E-state index in [0.717, 1.165) is 18.2 Å². The fourth-order valence-electron chi connectivity index (χ4n) is 2.60. The number of alkyl halides is 3. The highest BCUT2D eigenvalue weighted by Gasteiger charge is 2.31. The van der Waals surface area contributed by atoms with Crippen LogP contribution in [0, 0.1) is 0 Å². The lowest BCUT2D eigenvalue weighted by Crippen LogP contribution is -2.06. The molecule has 0 saturated heterocycles. The second-order valence-corrected chi connectivity index (χ2v) is 5.87. The summed E-state index contributed by atoms with van der Waals surface area (Å²) < 4.78 is 44.0. The van der Waals surface area contributed by atoms with E-state index in [1.54, 1.807) is 18.2 Å². The Labute approximate surface area is 150 Å². The zero-order chi connectivity index (χ0) is 19.1. The number of methoxy groups -OCH3 is 1. The van der Waals surface area contributed by atoms with Gasteiger partial charge in [-0.1, -0.05) is 11.6 Å². The van der Waals surface area contributed by atoms with E-state index in [4.69, 9.17) is 16.3 Å². The third kappa shape index (κ3) is 3.30. The minimum atomic E-state index is -4.58. The van der Waals surface area contributed by atoms with Crippen molar-refractivity contribution in [2.75, 3.05) is 7.11 Å². The van der Waals surface area contributed by atoms with Gasteiger partial charge in [0.15, 0.2) is 0 Å². The van der Waals surface area contributed by atoms with E-state index in [2.05, 4.69) is 4.98 Å². The monoisotopic (exact) mass is 381 g/mol. The lowest BCUT2D eigenvalue weighted by atomic mass is 10.0. The molecule has 0 saturated carbocycles. The highest BCUT2D eigenvalue weighted by atomic mass is 35.5. The predicted octanol–water partition coefficient (Wildman–Crippen LogP) is 5.28. The van der Waals surface area contributed by atoms with Crippen molar-refractivity contribution in [2.24, 2.45) is 0 Å². The first-order valence-corrected chi connectivity index (χ1v) is 7.67. The highest BCUT2D eigenvalue weighted by molar-refractivity contribution is 6.31. The van der Waals surface area contributed by atoms with Crippen LogP contribution >= 0.6 is 11.6 Å². The topological polar surface area (TPSA) is 59.4 Å².